The maximum absolute atomic E-state index is 12.4. The molecule has 130 valence electrons. The molecule has 9 nitrogen and oxygen atoms in total. The Labute approximate surface area is 139 Å². The third kappa shape index (κ3) is 3.54. The Morgan fingerprint density at radius 2 is 1.79 bits per heavy atom. The first-order chi connectivity index (χ1) is 11.3. The Kier molecular flexibility index (Phi) is 5.20. The fourth-order valence-electron chi connectivity index (χ4n) is 2.21. The van der Waals surface area contributed by atoms with Crippen molar-refractivity contribution in [2.75, 3.05) is 19.6 Å². The van der Waals surface area contributed by atoms with Crippen LogP contribution in [0.25, 0.3) is 0 Å². The second-order valence-electron chi connectivity index (χ2n) is 4.99. The molecule has 1 heterocycles. The topological polar surface area (TPSA) is 116 Å². The predicted molar refractivity (Wildman–Crippen MR) is 84.3 cm³/mol. The first kappa shape index (κ1) is 17.9. The molecule has 0 aromatic heterocycles. The average Bonchev–Trinajstić information content (AvgIpc) is 2.86. The molecular formula is C14H18N4O5S. The molecule has 0 unspecified atom stereocenters. The van der Waals surface area contributed by atoms with Crippen LogP contribution < -0.4 is 10.7 Å². The molecule has 4 amide bonds. The predicted octanol–water partition coefficient (Wildman–Crippen LogP) is -0.0863. The highest BCUT2D eigenvalue weighted by Crippen LogP contribution is 2.16. The van der Waals surface area contributed by atoms with Gasteiger partial charge in [0, 0.05) is 18.7 Å². The minimum atomic E-state index is -3.60. The number of sulfonamides is 1. The van der Waals surface area contributed by atoms with E-state index in [1.807, 2.05) is 5.32 Å². The third-order valence-electron chi connectivity index (χ3n) is 3.49. The quantitative estimate of drug-likeness (QED) is 0.693. The fourth-order valence-corrected chi connectivity index (χ4v) is 3.67. The van der Waals surface area contributed by atoms with Crippen molar-refractivity contribution in [1.29, 1.82) is 0 Å². The summed E-state index contributed by atoms with van der Waals surface area (Å²) in [6.07, 6.45) is 0. The molecule has 0 saturated carbocycles. The van der Waals surface area contributed by atoms with E-state index < -0.39 is 27.9 Å². The van der Waals surface area contributed by atoms with Crippen LogP contribution in [0.3, 0.4) is 0 Å². The summed E-state index contributed by atoms with van der Waals surface area (Å²) in [5, 5.41) is 2.88. The van der Waals surface area contributed by atoms with Gasteiger partial charge in [-0.25, -0.2) is 18.2 Å². The minimum absolute atomic E-state index is 0.0804. The van der Waals surface area contributed by atoms with E-state index in [0.717, 1.165) is 5.01 Å². The van der Waals surface area contributed by atoms with Gasteiger partial charge in [0.05, 0.1) is 4.90 Å². The van der Waals surface area contributed by atoms with Gasteiger partial charge in [0.25, 0.3) is 5.91 Å². The van der Waals surface area contributed by atoms with Crippen LogP contribution in [0.5, 0.6) is 0 Å². The molecule has 2 N–H and O–H groups in total. The Morgan fingerprint density at radius 3 is 2.25 bits per heavy atom. The molecule has 24 heavy (non-hydrogen) atoms. The molecule has 1 aromatic carbocycles. The molecule has 1 fully saturated rings. The van der Waals surface area contributed by atoms with Crippen molar-refractivity contribution in [2.24, 2.45) is 0 Å². The number of imide groups is 1. The lowest BCUT2D eigenvalue weighted by Gasteiger charge is -2.18. The van der Waals surface area contributed by atoms with Crippen LogP contribution in [0.2, 0.25) is 0 Å². The highest BCUT2D eigenvalue weighted by atomic mass is 32.2. The first-order valence-electron chi connectivity index (χ1n) is 7.32. The molecule has 2 rings (SSSR count). The molecule has 1 saturated heterocycles. The lowest BCUT2D eigenvalue weighted by Crippen LogP contribution is -2.44. The van der Waals surface area contributed by atoms with E-state index in [2.05, 4.69) is 5.43 Å². The second-order valence-corrected chi connectivity index (χ2v) is 6.93. The van der Waals surface area contributed by atoms with Crippen LogP contribution >= 0.6 is 0 Å². The Morgan fingerprint density at radius 1 is 1.21 bits per heavy atom. The van der Waals surface area contributed by atoms with Gasteiger partial charge in [0.2, 0.25) is 15.9 Å². The van der Waals surface area contributed by atoms with Gasteiger partial charge >= 0.3 is 6.03 Å². The molecule has 1 aliphatic heterocycles. The number of nitrogens with zero attached hydrogens (tertiary/aromatic N) is 2. The van der Waals surface area contributed by atoms with E-state index in [9.17, 15) is 22.8 Å². The lowest BCUT2D eigenvalue weighted by molar-refractivity contribution is -0.118. The van der Waals surface area contributed by atoms with Gasteiger partial charge in [-0.3, -0.25) is 20.3 Å². The van der Waals surface area contributed by atoms with Gasteiger partial charge in [-0.2, -0.15) is 4.31 Å². The van der Waals surface area contributed by atoms with Crippen LogP contribution in [-0.2, 0) is 14.8 Å². The zero-order chi connectivity index (χ0) is 17.9. The van der Waals surface area contributed by atoms with Crippen LogP contribution in [0.1, 0.15) is 24.2 Å². The number of carbonyl (C=O) groups excluding carboxylic acids is 3. The number of rotatable bonds is 6. The number of hydrogen-bond acceptors (Lipinski definition) is 5. The van der Waals surface area contributed by atoms with Crippen LogP contribution in [0.4, 0.5) is 4.79 Å². The number of urea groups is 1. The maximum Gasteiger partial charge on any atom is 0.343 e. The van der Waals surface area contributed by atoms with E-state index in [1.165, 1.54) is 28.6 Å². The van der Waals surface area contributed by atoms with E-state index in [1.54, 1.807) is 13.8 Å². The number of amides is 4. The first-order valence-corrected chi connectivity index (χ1v) is 8.76. The Balaban J connectivity index is 2.13. The van der Waals surface area contributed by atoms with Crippen LogP contribution in [-0.4, -0.2) is 55.2 Å². The summed E-state index contributed by atoms with van der Waals surface area (Å²) in [6.45, 7) is 3.91. The lowest BCUT2D eigenvalue weighted by atomic mass is 10.2. The van der Waals surface area contributed by atoms with E-state index in [4.69, 9.17) is 0 Å². The third-order valence-corrected chi connectivity index (χ3v) is 5.55. The summed E-state index contributed by atoms with van der Waals surface area (Å²) in [5.74, 6) is -1.13. The van der Waals surface area contributed by atoms with Crippen molar-refractivity contribution in [1.82, 2.24) is 20.1 Å². The standard InChI is InChI=1S/C14H18N4O5S/c1-3-17(4-2)24(22,23)11-7-5-10(6-8-11)13(20)16-18-9-12(19)15-14(18)21/h5-8H,3-4,9H2,1-2H3,(H,16,20)(H,15,19,21). The molecule has 0 bridgehead atoms. The van der Waals surface area contributed by atoms with E-state index >= 15 is 0 Å². The molecule has 0 aliphatic carbocycles. The monoisotopic (exact) mass is 354 g/mol. The summed E-state index contributed by atoms with van der Waals surface area (Å²) in [5.41, 5.74) is 2.45. The molecule has 0 radical (unpaired) electrons. The highest BCUT2D eigenvalue weighted by Gasteiger charge is 2.28. The van der Waals surface area contributed by atoms with Crippen molar-refractivity contribution >= 4 is 27.9 Å². The van der Waals surface area contributed by atoms with Gasteiger partial charge in [-0.05, 0) is 24.3 Å². The van der Waals surface area contributed by atoms with Crippen LogP contribution in [0.15, 0.2) is 29.2 Å². The van der Waals surface area contributed by atoms with Gasteiger partial charge in [0.1, 0.15) is 6.54 Å². The normalized spacial score (nSPS) is 14.9. The summed E-state index contributed by atoms with van der Waals surface area (Å²) in [6, 6.07) is 4.65. The average molecular weight is 354 g/mol. The van der Waals surface area contributed by atoms with Crippen molar-refractivity contribution in [2.45, 2.75) is 18.7 Å². The number of benzene rings is 1. The smallest absolute Gasteiger partial charge is 0.275 e. The SMILES string of the molecule is CCN(CC)S(=O)(=O)c1ccc(C(=O)NN2CC(=O)NC2=O)cc1. The Bertz CT molecular complexity index is 756. The van der Waals surface area contributed by atoms with Crippen molar-refractivity contribution < 1.29 is 22.8 Å². The Hall–Kier alpha value is -2.46. The molecule has 0 atom stereocenters. The number of hydrogen-bond donors (Lipinski definition) is 2. The molecular weight excluding hydrogens is 336 g/mol. The summed E-state index contributed by atoms with van der Waals surface area (Å²) >= 11 is 0. The van der Waals surface area contributed by atoms with Crippen LogP contribution in [0, 0.1) is 0 Å². The van der Waals surface area contributed by atoms with Crippen molar-refractivity contribution in [3.8, 4) is 0 Å². The van der Waals surface area contributed by atoms with Gasteiger partial charge < -0.3 is 0 Å². The summed E-state index contributed by atoms with van der Waals surface area (Å²) < 4.78 is 26.0. The van der Waals surface area contributed by atoms with Gasteiger partial charge in [-0.15, -0.1) is 0 Å². The van der Waals surface area contributed by atoms with Crippen molar-refractivity contribution in [3.63, 3.8) is 0 Å². The van der Waals surface area contributed by atoms with E-state index in [0.29, 0.717) is 13.1 Å². The summed E-state index contributed by atoms with van der Waals surface area (Å²) in [4.78, 5) is 34.6. The molecule has 10 heteroatoms. The highest BCUT2D eigenvalue weighted by molar-refractivity contribution is 7.89. The largest absolute Gasteiger partial charge is 0.343 e. The second kappa shape index (κ2) is 6.97. The van der Waals surface area contributed by atoms with E-state index in [-0.39, 0.29) is 17.0 Å². The molecule has 1 aliphatic rings. The zero-order valence-corrected chi connectivity index (χ0v) is 14.1. The van der Waals surface area contributed by atoms with Gasteiger partial charge in [0.15, 0.2) is 0 Å². The zero-order valence-electron chi connectivity index (χ0n) is 13.3. The van der Waals surface area contributed by atoms with Gasteiger partial charge in [-0.1, -0.05) is 13.8 Å². The van der Waals surface area contributed by atoms with Crippen molar-refractivity contribution in [3.05, 3.63) is 29.8 Å². The number of carbonyl (C=O) groups is 3. The number of nitrogens with one attached hydrogen (secondary N) is 2. The summed E-state index contributed by atoms with van der Waals surface area (Å²) in [7, 11) is -3.60. The maximum atomic E-state index is 12.4. The fraction of sp³-hybridized carbons (Fsp3) is 0.357. The molecule has 1 aromatic rings. The number of hydrazine groups is 1. The minimum Gasteiger partial charge on any atom is -0.275 e. The molecule has 0 spiro atoms.